The maximum atomic E-state index is 11.4. The molecule has 0 saturated heterocycles. The molecule has 0 spiro atoms. The van der Waals surface area contributed by atoms with E-state index in [-0.39, 0.29) is 10.6 Å². The summed E-state index contributed by atoms with van der Waals surface area (Å²) in [6, 6.07) is 4.00. The number of rotatable bonds is 5. The number of nitrogens with one attached hydrogen (secondary N) is 1. The van der Waals surface area contributed by atoms with Crippen molar-refractivity contribution in [1.82, 2.24) is 0 Å². The zero-order chi connectivity index (χ0) is 14.8. The van der Waals surface area contributed by atoms with Crippen molar-refractivity contribution in [2.45, 2.75) is 30.6 Å². The molecule has 0 aliphatic heterocycles. The van der Waals surface area contributed by atoms with Gasteiger partial charge in [-0.15, -0.1) is 0 Å². The van der Waals surface area contributed by atoms with Crippen LogP contribution in [-0.2, 0) is 9.84 Å². The molecule has 6 nitrogen and oxygen atoms in total. The topological polar surface area (TPSA) is 89.3 Å². The second kappa shape index (κ2) is 5.78. The van der Waals surface area contributed by atoms with Crippen LogP contribution in [0.3, 0.4) is 0 Å². The van der Waals surface area contributed by atoms with Crippen molar-refractivity contribution >= 4 is 21.2 Å². The van der Waals surface area contributed by atoms with Crippen LogP contribution < -0.4 is 5.32 Å². The average Bonchev–Trinajstić information content (AvgIpc) is 2.88. The summed E-state index contributed by atoms with van der Waals surface area (Å²) >= 11 is 0. The van der Waals surface area contributed by atoms with E-state index in [1.54, 1.807) is 0 Å². The molecule has 1 fully saturated rings. The van der Waals surface area contributed by atoms with Gasteiger partial charge in [0, 0.05) is 18.9 Å². The van der Waals surface area contributed by atoms with Gasteiger partial charge in [-0.1, -0.05) is 12.8 Å². The number of nitrogens with zero attached hydrogens (tertiary/aromatic N) is 1. The van der Waals surface area contributed by atoms with E-state index < -0.39 is 14.8 Å². The van der Waals surface area contributed by atoms with E-state index in [2.05, 4.69) is 5.32 Å². The summed E-state index contributed by atoms with van der Waals surface area (Å²) in [5.41, 5.74) is 0.195. The third kappa shape index (κ3) is 3.47. The van der Waals surface area contributed by atoms with Crippen LogP contribution >= 0.6 is 0 Å². The van der Waals surface area contributed by atoms with Crippen molar-refractivity contribution in [2.24, 2.45) is 5.92 Å². The van der Waals surface area contributed by atoms with E-state index in [4.69, 9.17) is 0 Å². The number of anilines is 1. The summed E-state index contributed by atoms with van der Waals surface area (Å²) in [6.45, 7) is 0.694. The maximum Gasteiger partial charge on any atom is 0.293 e. The van der Waals surface area contributed by atoms with Crippen LogP contribution in [0.15, 0.2) is 23.1 Å². The quantitative estimate of drug-likeness (QED) is 0.666. The van der Waals surface area contributed by atoms with Crippen molar-refractivity contribution in [2.75, 3.05) is 18.1 Å². The summed E-state index contributed by atoms with van der Waals surface area (Å²) in [7, 11) is -3.44. The maximum absolute atomic E-state index is 11.4. The molecule has 1 aliphatic rings. The van der Waals surface area contributed by atoms with E-state index in [1.807, 2.05) is 0 Å². The van der Waals surface area contributed by atoms with E-state index in [9.17, 15) is 18.5 Å². The molecule has 1 aromatic rings. The third-order valence-corrected chi connectivity index (χ3v) is 4.76. The molecule has 1 aromatic carbocycles. The Labute approximate surface area is 118 Å². The van der Waals surface area contributed by atoms with Gasteiger partial charge in [0.1, 0.15) is 5.69 Å². The molecule has 20 heavy (non-hydrogen) atoms. The summed E-state index contributed by atoms with van der Waals surface area (Å²) < 4.78 is 22.9. The van der Waals surface area contributed by atoms with Gasteiger partial charge >= 0.3 is 0 Å². The first kappa shape index (κ1) is 14.8. The third-order valence-electron chi connectivity index (χ3n) is 3.65. The minimum absolute atomic E-state index is 0.0318. The monoisotopic (exact) mass is 298 g/mol. The van der Waals surface area contributed by atoms with Crippen molar-refractivity contribution < 1.29 is 13.3 Å². The number of hydrogen-bond donors (Lipinski definition) is 1. The van der Waals surface area contributed by atoms with E-state index in [0.29, 0.717) is 18.2 Å². The number of nitro groups is 1. The number of benzene rings is 1. The van der Waals surface area contributed by atoms with Crippen LogP contribution in [0.2, 0.25) is 0 Å². The fourth-order valence-electron chi connectivity index (χ4n) is 2.51. The van der Waals surface area contributed by atoms with Gasteiger partial charge in [0.25, 0.3) is 5.69 Å². The molecule has 0 unspecified atom stereocenters. The van der Waals surface area contributed by atoms with Crippen molar-refractivity contribution in [3.05, 3.63) is 28.3 Å². The number of nitro benzene ring substituents is 1. The molecule has 2 rings (SSSR count). The summed E-state index contributed by atoms with van der Waals surface area (Å²) in [6.07, 6.45) is 5.74. The minimum atomic E-state index is -3.44. The van der Waals surface area contributed by atoms with E-state index in [1.165, 1.54) is 25.0 Å². The van der Waals surface area contributed by atoms with Crippen LogP contribution in [0.25, 0.3) is 0 Å². The van der Waals surface area contributed by atoms with Crippen LogP contribution in [-0.4, -0.2) is 26.1 Å². The molecular formula is C13H18N2O4S. The highest BCUT2D eigenvalue weighted by Gasteiger charge is 2.20. The van der Waals surface area contributed by atoms with Crippen LogP contribution in [0, 0.1) is 16.0 Å². The predicted molar refractivity (Wildman–Crippen MR) is 76.7 cm³/mol. The Morgan fingerprint density at radius 2 is 2.00 bits per heavy atom. The van der Waals surface area contributed by atoms with Crippen molar-refractivity contribution in [1.29, 1.82) is 0 Å². The first-order chi connectivity index (χ1) is 9.38. The first-order valence-electron chi connectivity index (χ1n) is 6.60. The normalized spacial score (nSPS) is 16.2. The number of sulfone groups is 1. The Bertz CT molecular complexity index is 607. The summed E-state index contributed by atoms with van der Waals surface area (Å²) in [5, 5.41) is 14.1. The molecule has 0 heterocycles. The highest BCUT2D eigenvalue weighted by Crippen LogP contribution is 2.30. The van der Waals surface area contributed by atoms with Gasteiger partial charge in [0.05, 0.1) is 9.82 Å². The Hall–Kier alpha value is -1.63. The molecule has 0 aromatic heterocycles. The Morgan fingerprint density at radius 1 is 1.35 bits per heavy atom. The van der Waals surface area contributed by atoms with Crippen LogP contribution in [0.4, 0.5) is 11.4 Å². The molecule has 0 amide bonds. The second-order valence-corrected chi connectivity index (χ2v) is 7.26. The molecule has 0 atom stereocenters. The highest BCUT2D eigenvalue weighted by molar-refractivity contribution is 7.90. The van der Waals surface area contributed by atoms with Gasteiger partial charge in [-0.25, -0.2) is 8.42 Å². The zero-order valence-electron chi connectivity index (χ0n) is 11.3. The second-order valence-electron chi connectivity index (χ2n) is 5.24. The fourth-order valence-corrected chi connectivity index (χ4v) is 3.15. The Kier molecular flexibility index (Phi) is 4.27. The Balaban J connectivity index is 2.21. The van der Waals surface area contributed by atoms with Gasteiger partial charge in [-0.05, 0) is 30.9 Å². The molecule has 0 bridgehead atoms. The molecule has 110 valence electrons. The summed E-state index contributed by atoms with van der Waals surface area (Å²) in [5.74, 6) is 0.546. The van der Waals surface area contributed by atoms with Gasteiger partial charge in [0.2, 0.25) is 0 Å². The van der Waals surface area contributed by atoms with Gasteiger partial charge in [-0.3, -0.25) is 10.1 Å². The van der Waals surface area contributed by atoms with Crippen molar-refractivity contribution in [3.63, 3.8) is 0 Å². The first-order valence-corrected chi connectivity index (χ1v) is 8.49. The minimum Gasteiger partial charge on any atom is -0.379 e. The number of hydrogen-bond acceptors (Lipinski definition) is 5. The molecule has 1 aliphatic carbocycles. The standard InChI is InChI=1S/C13H18N2O4S/c1-20(18,19)11-6-7-12(13(8-11)15(16)17)14-9-10-4-2-3-5-10/h6-8,10,14H,2-5,9H2,1H3. The molecular weight excluding hydrogens is 280 g/mol. The molecule has 1 N–H and O–H groups in total. The van der Waals surface area contributed by atoms with Gasteiger partial charge in [-0.2, -0.15) is 0 Å². The lowest BCUT2D eigenvalue weighted by Crippen LogP contribution is -2.12. The smallest absolute Gasteiger partial charge is 0.293 e. The molecule has 7 heteroatoms. The fraction of sp³-hybridized carbons (Fsp3) is 0.538. The lowest BCUT2D eigenvalue weighted by Gasteiger charge is -2.12. The highest BCUT2D eigenvalue weighted by atomic mass is 32.2. The average molecular weight is 298 g/mol. The lowest BCUT2D eigenvalue weighted by molar-refractivity contribution is -0.384. The molecule has 1 saturated carbocycles. The van der Waals surface area contributed by atoms with E-state index in [0.717, 1.165) is 25.2 Å². The SMILES string of the molecule is CS(=O)(=O)c1ccc(NCC2CCCC2)c([N+](=O)[O-])c1. The van der Waals surface area contributed by atoms with Crippen LogP contribution in [0.1, 0.15) is 25.7 Å². The lowest BCUT2D eigenvalue weighted by atomic mass is 10.1. The zero-order valence-corrected chi connectivity index (χ0v) is 12.1. The largest absolute Gasteiger partial charge is 0.379 e. The Morgan fingerprint density at radius 3 is 2.55 bits per heavy atom. The molecule has 0 radical (unpaired) electrons. The predicted octanol–water partition coefficient (Wildman–Crippen LogP) is 2.60. The summed E-state index contributed by atoms with van der Waals surface area (Å²) in [4.78, 5) is 10.5. The van der Waals surface area contributed by atoms with E-state index >= 15 is 0 Å². The van der Waals surface area contributed by atoms with Gasteiger partial charge < -0.3 is 5.32 Å². The van der Waals surface area contributed by atoms with Crippen molar-refractivity contribution in [3.8, 4) is 0 Å². The van der Waals surface area contributed by atoms with Crippen LogP contribution in [0.5, 0.6) is 0 Å². The van der Waals surface area contributed by atoms with Gasteiger partial charge in [0.15, 0.2) is 9.84 Å².